The molecule has 0 aromatic heterocycles. The fourth-order valence-electron chi connectivity index (χ4n) is 3.87. The molecular formula is C18H28N2. The first-order chi connectivity index (χ1) is 9.88. The van der Waals surface area contributed by atoms with E-state index in [0.717, 1.165) is 5.92 Å². The third-order valence-electron chi connectivity index (χ3n) is 5.42. The van der Waals surface area contributed by atoms with Crippen LogP contribution in [0.5, 0.6) is 0 Å². The van der Waals surface area contributed by atoms with E-state index in [0.29, 0.717) is 12.0 Å². The quantitative estimate of drug-likeness (QED) is 0.483. The summed E-state index contributed by atoms with van der Waals surface area (Å²) in [5, 5.41) is 0. The molecule has 1 aromatic rings. The lowest BCUT2D eigenvalue weighted by Crippen LogP contribution is -2.33. The highest BCUT2D eigenvalue weighted by Crippen LogP contribution is 2.38. The summed E-state index contributed by atoms with van der Waals surface area (Å²) in [4.78, 5) is 0. The van der Waals surface area contributed by atoms with E-state index in [9.17, 15) is 0 Å². The first-order valence-electron chi connectivity index (χ1n) is 8.44. The van der Waals surface area contributed by atoms with Crippen molar-refractivity contribution < 1.29 is 0 Å². The number of hydrazine groups is 1. The molecule has 0 amide bonds. The van der Waals surface area contributed by atoms with Crippen molar-refractivity contribution in [1.29, 1.82) is 0 Å². The van der Waals surface area contributed by atoms with E-state index in [-0.39, 0.29) is 0 Å². The van der Waals surface area contributed by atoms with Crippen LogP contribution in [0.3, 0.4) is 0 Å². The molecule has 2 fully saturated rings. The second kappa shape index (κ2) is 6.73. The van der Waals surface area contributed by atoms with Gasteiger partial charge in [0, 0.05) is 6.04 Å². The predicted molar refractivity (Wildman–Crippen MR) is 84.3 cm³/mol. The minimum Gasteiger partial charge on any atom is -0.271 e. The molecule has 0 spiro atoms. The van der Waals surface area contributed by atoms with Crippen LogP contribution in [0.1, 0.15) is 80.9 Å². The normalized spacial score (nSPS) is 23.1. The molecule has 2 nitrogen and oxygen atoms in total. The van der Waals surface area contributed by atoms with Crippen LogP contribution in [-0.2, 0) is 0 Å². The van der Waals surface area contributed by atoms with Crippen molar-refractivity contribution in [2.24, 2.45) is 11.8 Å². The largest absolute Gasteiger partial charge is 0.271 e. The van der Waals surface area contributed by atoms with Crippen molar-refractivity contribution in [3.05, 3.63) is 35.4 Å². The number of hydrogen-bond acceptors (Lipinski definition) is 2. The van der Waals surface area contributed by atoms with E-state index in [1.807, 2.05) is 0 Å². The Labute approximate surface area is 123 Å². The van der Waals surface area contributed by atoms with Crippen LogP contribution >= 0.6 is 0 Å². The van der Waals surface area contributed by atoms with Crippen LogP contribution in [0.25, 0.3) is 0 Å². The van der Waals surface area contributed by atoms with Crippen LogP contribution in [-0.4, -0.2) is 0 Å². The van der Waals surface area contributed by atoms with Gasteiger partial charge in [0.05, 0.1) is 0 Å². The predicted octanol–water partition coefficient (Wildman–Crippen LogP) is 4.43. The topological polar surface area (TPSA) is 38.0 Å². The van der Waals surface area contributed by atoms with Crippen molar-refractivity contribution in [2.45, 2.75) is 69.7 Å². The van der Waals surface area contributed by atoms with Gasteiger partial charge in [0.15, 0.2) is 0 Å². The Kier molecular flexibility index (Phi) is 4.74. The Balaban J connectivity index is 1.70. The molecular weight excluding hydrogens is 244 g/mol. The summed E-state index contributed by atoms with van der Waals surface area (Å²) >= 11 is 0. The zero-order valence-corrected chi connectivity index (χ0v) is 12.5. The van der Waals surface area contributed by atoms with E-state index in [1.54, 1.807) is 0 Å². The summed E-state index contributed by atoms with van der Waals surface area (Å²) < 4.78 is 0. The first-order valence-corrected chi connectivity index (χ1v) is 8.44. The maximum Gasteiger partial charge on any atom is 0.0488 e. The molecule has 0 bridgehead atoms. The van der Waals surface area contributed by atoms with Gasteiger partial charge in [-0.25, -0.2) is 0 Å². The van der Waals surface area contributed by atoms with E-state index < -0.39 is 0 Å². The van der Waals surface area contributed by atoms with Crippen LogP contribution < -0.4 is 11.3 Å². The first kappa shape index (κ1) is 14.1. The molecule has 1 atom stereocenters. The van der Waals surface area contributed by atoms with Gasteiger partial charge in [0.1, 0.15) is 0 Å². The minimum absolute atomic E-state index is 0.337. The van der Waals surface area contributed by atoms with Gasteiger partial charge in [-0.05, 0) is 48.6 Å². The molecule has 20 heavy (non-hydrogen) atoms. The van der Waals surface area contributed by atoms with Gasteiger partial charge in [0.2, 0.25) is 0 Å². The number of hydrogen-bond donors (Lipinski definition) is 2. The summed E-state index contributed by atoms with van der Waals surface area (Å²) in [5.74, 6) is 7.40. The van der Waals surface area contributed by atoms with Crippen molar-refractivity contribution >= 4 is 0 Å². The van der Waals surface area contributed by atoms with Crippen molar-refractivity contribution in [3.8, 4) is 0 Å². The monoisotopic (exact) mass is 272 g/mol. The molecule has 2 heteroatoms. The molecule has 3 rings (SSSR count). The molecule has 2 aliphatic rings. The lowest BCUT2D eigenvalue weighted by atomic mass is 9.79. The third kappa shape index (κ3) is 3.07. The van der Waals surface area contributed by atoms with E-state index in [4.69, 9.17) is 5.84 Å². The van der Waals surface area contributed by atoms with Crippen molar-refractivity contribution in [3.63, 3.8) is 0 Å². The molecule has 0 aliphatic heterocycles. The third-order valence-corrected chi connectivity index (χ3v) is 5.42. The lowest BCUT2D eigenvalue weighted by molar-refractivity contribution is 0.329. The van der Waals surface area contributed by atoms with Crippen molar-refractivity contribution in [2.75, 3.05) is 0 Å². The minimum atomic E-state index is 0.337. The van der Waals surface area contributed by atoms with Crippen LogP contribution in [0.2, 0.25) is 0 Å². The van der Waals surface area contributed by atoms with Gasteiger partial charge in [-0.15, -0.1) is 0 Å². The van der Waals surface area contributed by atoms with Gasteiger partial charge in [-0.1, -0.05) is 56.4 Å². The van der Waals surface area contributed by atoms with E-state index in [1.165, 1.54) is 68.9 Å². The Morgan fingerprint density at radius 1 is 0.850 bits per heavy atom. The second-order valence-corrected chi connectivity index (χ2v) is 6.69. The van der Waals surface area contributed by atoms with Crippen LogP contribution in [0.4, 0.5) is 0 Å². The molecule has 1 unspecified atom stereocenters. The maximum absolute atomic E-state index is 5.87. The maximum atomic E-state index is 5.87. The van der Waals surface area contributed by atoms with Gasteiger partial charge < -0.3 is 0 Å². The van der Waals surface area contributed by atoms with Crippen molar-refractivity contribution in [1.82, 2.24) is 5.43 Å². The molecule has 2 saturated carbocycles. The highest BCUT2D eigenvalue weighted by Gasteiger charge is 2.24. The Morgan fingerprint density at radius 3 is 2.00 bits per heavy atom. The van der Waals surface area contributed by atoms with Gasteiger partial charge >= 0.3 is 0 Å². The summed E-state index contributed by atoms with van der Waals surface area (Å²) in [6, 6.07) is 9.62. The smallest absolute Gasteiger partial charge is 0.0488 e. The van der Waals surface area contributed by atoms with E-state index >= 15 is 0 Å². The second-order valence-electron chi connectivity index (χ2n) is 6.69. The number of benzene rings is 1. The number of rotatable bonds is 4. The fourth-order valence-corrected chi connectivity index (χ4v) is 3.87. The summed E-state index contributed by atoms with van der Waals surface area (Å²) in [6.07, 6.45) is 12.3. The fraction of sp³-hybridized carbons (Fsp3) is 0.667. The Hall–Kier alpha value is -0.860. The van der Waals surface area contributed by atoms with Gasteiger partial charge in [-0.2, -0.15) is 0 Å². The molecule has 110 valence electrons. The molecule has 0 heterocycles. The highest BCUT2D eigenvalue weighted by atomic mass is 15.2. The van der Waals surface area contributed by atoms with E-state index in [2.05, 4.69) is 29.7 Å². The van der Waals surface area contributed by atoms with Crippen LogP contribution in [0.15, 0.2) is 24.3 Å². The summed E-state index contributed by atoms with van der Waals surface area (Å²) in [5.41, 5.74) is 5.99. The molecule has 0 saturated heterocycles. The number of nitrogens with one attached hydrogen (secondary N) is 1. The summed E-state index contributed by atoms with van der Waals surface area (Å²) in [6.45, 7) is 0. The average molecular weight is 272 g/mol. The summed E-state index contributed by atoms with van der Waals surface area (Å²) in [7, 11) is 0. The number of nitrogens with two attached hydrogens (primary N) is 1. The molecule has 3 N–H and O–H groups in total. The highest BCUT2D eigenvalue weighted by molar-refractivity contribution is 5.28. The van der Waals surface area contributed by atoms with Gasteiger partial charge in [0.25, 0.3) is 0 Å². The van der Waals surface area contributed by atoms with Gasteiger partial charge in [-0.3, -0.25) is 11.3 Å². The zero-order chi connectivity index (χ0) is 13.8. The average Bonchev–Trinajstić information content (AvgIpc) is 2.69. The molecule has 1 aromatic carbocycles. The Morgan fingerprint density at radius 2 is 1.50 bits per heavy atom. The SMILES string of the molecule is NNC(c1ccc(C2CCC2)cc1)C1CCCCCC1. The molecule has 0 radical (unpaired) electrons. The zero-order valence-electron chi connectivity index (χ0n) is 12.5. The molecule has 2 aliphatic carbocycles. The van der Waals surface area contributed by atoms with Crippen LogP contribution in [0, 0.1) is 5.92 Å². The lowest BCUT2D eigenvalue weighted by Gasteiger charge is -2.28. The Bertz CT molecular complexity index is 400. The standard InChI is InChI=1S/C18H28N2/c19-20-18(16-6-3-1-2-4-7-16)17-12-10-15(11-13-17)14-8-5-9-14/h10-14,16,18,20H,1-9,19H2.